The van der Waals surface area contributed by atoms with Gasteiger partial charge in [0.05, 0.1) is 13.0 Å². The van der Waals surface area contributed by atoms with Crippen LogP contribution in [0.5, 0.6) is 5.75 Å². The van der Waals surface area contributed by atoms with Crippen molar-refractivity contribution in [3.8, 4) is 5.75 Å². The number of aryl methyl sites for hydroxylation is 1. The Balaban J connectivity index is 1.27. The molecule has 4 aromatic carbocycles. The Morgan fingerprint density at radius 1 is 0.767 bits per heavy atom. The number of carbonyl (C=O) groups excluding carboxylic acids is 1. The number of hydrogen-bond donors (Lipinski definition) is 1. The molecule has 0 unspecified atom stereocenters. The molecule has 3 nitrogen and oxygen atoms in total. The summed E-state index contributed by atoms with van der Waals surface area (Å²) < 4.78 is 5.82. The van der Waals surface area contributed by atoms with E-state index in [1.807, 2.05) is 54.6 Å². The average molecular weight is 396 g/mol. The van der Waals surface area contributed by atoms with Gasteiger partial charge in [0, 0.05) is 5.69 Å². The van der Waals surface area contributed by atoms with Crippen LogP contribution in [-0.4, -0.2) is 12.5 Å². The van der Waals surface area contributed by atoms with Gasteiger partial charge in [0.15, 0.2) is 0 Å². The summed E-state index contributed by atoms with van der Waals surface area (Å²) >= 11 is 0. The molecule has 4 rings (SSSR count). The van der Waals surface area contributed by atoms with Gasteiger partial charge in [-0.05, 0) is 59.0 Å². The summed E-state index contributed by atoms with van der Waals surface area (Å²) in [7, 11) is 0. The summed E-state index contributed by atoms with van der Waals surface area (Å²) in [5, 5.41) is 5.25. The summed E-state index contributed by atoms with van der Waals surface area (Å²) in [5.74, 6) is 0.790. The van der Waals surface area contributed by atoms with Gasteiger partial charge in [-0.25, -0.2) is 0 Å². The maximum atomic E-state index is 12.5. The standard InChI is InChI=1S/C27H25NO2/c29-27(20-23-13-6-12-22-11-4-5-14-26(22)23)28-24-15-17-25(18-16-24)30-19-7-10-21-8-2-1-3-9-21/h1-6,8-9,11-18H,7,10,19-20H2,(H,28,29). The number of hydrogen-bond acceptors (Lipinski definition) is 2. The van der Waals surface area contributed by atoms with Crippen molar-refractivity contribution in [1.29, 1.82) is 0 Å². The van der Waals surface area contributed by atoms with Crippen LogP contribution in [0, 0.1) is 0 Å². The number of nitrogens with one attached hydrogen (secondary N) is 1. The van der Waals surface area contributed by atoms with E-state index in [4.69, 9.17) is 4.74 Å². The van der Waals surface area contributed by atoms with Crippen LogP contribution in [0.3, 0.4) is 0 Å². The second-order valence-electron chi connectivity index (χ2n) is 7.33. The number of anilines is 1. The zero-order valence-corrected chi connectivity index (χ0v) is 16.9. The molecule has 0 bridgehead atoms. The minimum Gasteiger partial charge on any atom is -0.494 e. The van der Waals surface area contributed by atoms with Gasteiger partial charge in [-0.3, -0.25) is 4.79 Å². The van der Waals surface area contributed by atoms with Crippen molar-refractivity contribution in [3.63, 3.8) is 0 Å². The van der Waals surface area contributed by atoms with Crippen molar-refractivity contribution < 1.29 is 9.53 Å². The molecule has 0 aromatic heterocycles. The van der Waals surface area contributed by atoms with Gasteiger partial charge in [0.25, 0.3) is 0 Å². The van der Waals surface area contributed by atoms with Crippen LogP contribution in [0.25, 0.3) is 10.8 Å². The smallest absolute Gasteiger partial charge is 0.228 e. The largest absolute Gasteiger partial charge is 0.494 e. The molecule has 150 valence electrons. The molecular weight excluding hydrogens is 370 g/mol. The number of fused-ring (bicyclic) bond motifs is 1. The minimum atomic E-state index is -0.0251. The molecule has 4 aromatic rings. The molecule has 0 spiro atoms. The fraction of sp³-hybridized carbons (Fsp3) is 0.148. The highest BCUT2D eigenvalue weighted by Crippen LogP contribution is 2.20. The Labute approximate surface area is 177 Å². The maximum absolute atomic E-state index is 12.5. The van der Waals surface area contributed by atoms with E-state index >= 15 is 0 Å². The number of ether oxygens (including phenoxy) is 1. The van der Waals surface area contributed by atoms with Crippen LogP contribution < -0.4 is 10.1 Å². The lowest BCUT2D eigenvalue weighted by molar-refractivity contribution is -0.115. The van der Waals surface area contributed by atoms with E-state index in [0.717, 1.165) is 40.6 Å². The first-order valence-corrected chi connectivity index (χ1v) is 10.3. The van der Waals surface area contributed by atoms with Crippen molar-refractivity contribution >= 4 is 22.4 Å². The molecule has 0 aliphatic heterocycles. The topological polar surface area (TPSA) is 38.3 Å². The normalized spacial score (nSPS) is 10.7. The lowest BCUT2D eigenvalue weighted by Gasteiger charge is -2.10. The van der Waals surface area contributed by atoms with Crippen molar-refractivity contribution in [2.75, 3.05) is 11.9 Å². The maximum Gasteiger partial charge on any atom is 0.228 e. The molecule has 0 heterocycles. The SMILES string of the molecule is O=C(Cc1cccc2ccccc12)Nc1ccc(OCCCc2ccccc2)cc1. The molecule has 0 fully saturated rings. The zero-order valence-electron chi connectivity index (χ0n) is 16.9. The second-order valence-corrected chi connectivity index (χ2v) is 7.33. The molecule has 0 atom stereocenters. The summed E-state index contributed by atoms with van der Waals surface area (Å²) in [6, 6.07) is 32.2. The molecule has 3 heteroatoms. The van der Waals surface area contributed by atoms with Crippen LogP contribution in [0.2, 0.25) is 0 Å². The van der Waals surface area contributed by atoms with E-state index in [2.05, 4.69) is 47.8 Å². The lowest BCUT2D eigenvalue weighted by atomic mass is 10.0. The van der Waals surface area contributed by atoms with E-state index in [1.54, 1.807) is 0 Å². The Morgan fingerprint density at radius 3 is 2.33 bits per heavy atom. The minimum absolute atomic E-state index is 0.0251. The summed E-state index contributed by atoms with van der Waals surface area (Å²) in [6.45, 7) is 0.668. The Kier molecular flexibility index (Phi) is 6.41. The van der Waals surface area contributed by atoms with Crippen LogP contribution >= 0.6 is 0 Å². The lowest BCUT2D eigenvalue weighted by Crippen LogP contribution is -2.14. The van der Waals surface area contributed by atoms with Gasteiger partial charge in [-0.15, -0.1) is 0 Å². The molecule has 30 heavy (non-hydrogen) atoms. The first-order chi connectivity index (χ1) is 14.8. The Morgan fingerprint density at radius 2 is 1.50 bits per heavy atom. The van der Waals surface area contributed by atoms with Gasteiger partial charge in [0.2, 0.25) is 5.91 Å². The molecule has 0 saturated carbocycles. The number of benzene rings is 4. The van der Waals surface area contributed by atoms with Crippen LogP contribution in [0.15, 0.2) is 97.1 Å². The molecule has 0 saturated heterocycles. The molecule has 0 aliphatic carbocycles. The monoisotopic (exact) mass is 395 g/mol. The number of amides is 1. The van der Waals surface area contributed by atoms with Crippen molar-refractivity contribution in [2.24, 2.45) is 0 Å². The van der Waals surface area contributed by atoms with Crippen molar-refractivity contribution in [2.45, 2.75) is 19.3 Å². The van der Waals surface area contributed by atoms with Crippen LogP contribution in [-0.2, 0) is 17.6 Å². The Hall–Kier alpha value is -3.59. The van der Waals surface area contributed by atoms with E-state index < -0.39 is 0 Å². The molecule has 0 aliphatic rings. The molecular formula is C27H25NO2. The van der Waals surface area contributed by atoms with E-state index in [-0.39, 0.29) is 5.91 Å². The zero-order chi connectivity index (χ0) is 20.6. The van der Waals surface area contributed by atoms with Crippen molar-refractivity contribution in [3.05, 3.63) is 108 Å². The average Bonchev–Trinajstić information content (AvgIpc) is 2.79. The van der Waals surface area contributed by atoms with Gasteiger partial charge in [0.1, 0.15) is 5.75 Å². The third kappa shape index (κ3) is 5.26. The summed E-state index contributed by atoms with van der Waals surface area (Å²) in [4.78, 5) is 12.5. The third-order valence-corrected chi connectivity index (χ3v) is 5.09. The van der Waals surface area contributed by atoms with Crippen LogP contribution in [0.1, 0.15) is 17.5 Å². The highest BCUT2D eigenvalue weighted by molar-refractivity contribution is 5.96. The highest BCUT2D eigenvalue weighted by Gasteiger charge is 2.07. The predicted octanol–water partition coefficient (Wildman–Crippen LogP) is 6.03. The number of rotatable bonds is 8. The summed E-state index contributed by atoms with van der Waals surface area (Å²) in [6.07, 6.45) is 2.32. The predicted molar refractivity (Wildman–Crippen MR) is 123 cm³/mol. The van der Waals surface area contributed by atoms with Crippen molar-refractivity contribution in [1.82, 2.24) is 0 Å². The van der Waals surface area contributed by atoms with Gasteiger partial charge in [-0.2, -0.15) is 0 Å². The second kappa shape index (κ2) is 9.75. The van der Waals surface area contributed by atoms with Crippen LogP contribution in [0.4, 0.5) is 5.69 Å². The summed E-state index contributed by atoms with van der Waals surface area (Å²) in [5.41, 5.74) is 3.13. The fourth-order valence-electron chi connectivity index (χ4n) is 3.57. The van der Waals surface area contributed by atoms with Gasteiger partial charge >= 0.3 is 0 Å². The quantitative estimate of drug-likeness (QED) is 0.370. The van der Waals surface area contributed by atoms with E-state index in [1.165, 1.54) is 5.56 Å². The molecule has 1 amide bonds. The van der Waals surface area contributed by atoms with Gasteiger partial charge in [-0.1, -0.05) is 72.8 Å². The molecule has 0 radical (unpaired) electrons. The Bertz CT molecular complexity index is 1100. The first kappa shape index (κ1) is 19.7. The third-order valence-electron chi connectivity index (χ3n) is 5.09. The first-order valence-electron chi connectivity index (χ1n) is 10.3. The molecule has 1 N–H and O–H groups in total. The number of carbonyl (C=O) groups is 1. The van der Waals surface area contributed by atoms with Gasteiger partial charge < -0.3 is 10.1 Å². The fourth-order valence-corrected chi connectivity index (χ4v) is 3.57. The van der Waals surface area contributed by atoms with E-state index in [0.29, 0.717) is 13.0 Å². The van der Waals surface area contributed by atoms with E-state index in [9.17, 15) is 4.79 Å². The highest BCUT2D eigenvalue weighted by atomic mass is 16.5.